The van der Waals surface area contributed by atoms with Gasteiger partial charge in [-0.25, -0.2) is 0 Å². The molecule has 4 aliphatic rings. The standard InChI is InChI=1S/C21H25NO3/c1-13-2-4-17(5-3-13)18(23)9-19(24)20(25)22-21-10-14-6-15(11-21)8-16(7-14)12-21/h2-5,9,14-16,23H,6-8,10-12H2,1H3,(H,22,25). The van der Waals surface area contributed by atoms with Gasteiger partial charge < -0.3 is 10.4 Å². The minimum absolute atomic E-state index is 0.161. The second-order valence-corrected chi connectivity index (χ2v) is 8.41. The molecule has 4 saturated carbocycles. The van der Waals surface area contributed by atoms with Gasteiger partial charge in [0.2, 0.25) is 5.78 Å². The van der Waals surface area contributed by atoms with E-state index in [0.29, 0.717) is 23.3 Å². The number of ketones is 1. The lowest BCUT2D eigenvalue weighted by molar-refractivity contribution is -0.138. The van der Waals surface area contributed by atoms with Crippen LogP contribution in [0.4, 0.5) is 0 Å². The van der Waals surface area contributed by atoms with Crippen LogP contribution >= 0.6 is 0 Å². The minimum atomic E-state index is -0.672. The first-order valence-corrected chi connectivity index (χ1v) is 9.27. The highest BCUT2D eigenvalue weighted by molar-refractivity contribution is 6.41. The van der Waals surface area contributed by atoms with Crippen LogP contribution in [-0.4, -0.2) is 22.3 Å². The third kappa shape index (κ3) is 3.22. The third-order valence-corrected chi connectivity index (χ3v) is 6.26. The fourth-order valence-corrected chi connectivity index (χ4v) is 5.56. The van der Waals surface area contributed by atoms with E-state index in [0.717, 1.165) is 30.9 Å². The van der Waals surface area contributed by atoms with Crippen LogP contribution in [0.15, 0.2) is 30.3 Å². The lowest BCUT2D eigenvalue weighted by atomic mass is 9.53. The Labute approximate surface area is 148 Å². The Hall–Kier alpha value is -2.10. The van der Waals surface area contributed by atoms with Gasteiger partial charge in [0.15, 0.2) is 0 Å². The average Bonchev–Trinajstić information content (AvgIpc) is 2.53. The van der Waals surface area contributed by atoms with E-state index in [4.69, 9.17) is 0 Å². The molecule has 5 rings (SSSR count). The maximum absolute atomic E-state index is 12.4. The Kier molecular flexibility index (Phi) is 3.94. The molecule has 0 aliphatic heterocycles. The van der Waals surface area contributed by atoms with E-state index in [9.17, 15) is 14.7 Å². The summed E-state index contributed by atoms with van der Waals surface area (Å²) in [6, 6.07) is 7.20. The van der Waals surface area contributed by atoms with E-state index in [1.54, 1.807) is 12.1 Å². The van der Waals surface area contributed by atoms with E-state index in [2.05, 4.69) is 5.32 Å². The lowest BCUT2D eigenvalue weighted by Crippen LogP contribution is -2.60. The van der Waals surface area contributed by atoms with E-state index in [1.165, 1.54) is 19.3 Å². The van der Waals surface area contributed by atoms with Gasteiger partial charge in [-0.1, -0.05) is 29.8 Å². The highest BCUT2D eigenvalue weighted by Gasteiger charge is 2.51. The highest BCUT2D eigenvalue weighted by atomic mass is 16.3. The van der Waals surface area contributed by atoms with Gasteiger partial charge in [-0.15, -0.1) is 0 Å². The van der Waals surface area contributed by atoms with Gasteiger partial charge in [-0.3, -0.25) is 9.59 Å². The molecule has 0 atom stereocenters. The summed E-state index contributed by atoms with van der Waals surface area (Å²) in [5, 5.41) is 13.2. The molecular formula is C21H25NO3. The van der Waals surface area contributed by atoms with Gasteiger partial charge in [0, 0.05) is 17.2 Å². The predicted molar refractivity (Wildman–Crippen MR) is 95.8 cm³/mol. The molecule has 1 aromatic carbocycles. The maximum Gasteiger partial charge on any atom is 0.292 e. The summed E-state index contributed by atoms with van der Waals surface area (Å²) in [6.45, 7) is 1.95. The van der Waals surface area contributed by atoms with E-state index in [-0.39, 0.29) is 11.3 Å². The monoisotopic (exact) mass is 339 g/mol. The normalized spacial score (nSPS) is 33.3. The molecule has 0 spiro atoms. The lowest BCUT2D eigenvalue weighted by Gasteiger charge is -2.56. The van der Waals surface area contributed by atoms with Gasteiger partial charge in [0.1, 0.15) is 5.76 Å². The number of rotatable bonds is 4. The molecule has 0 aromatic heterocycles. The summed E-state index contributed by atoms with van der Waals surface area (Å²) < 4.78 is 0. The number of hydrogen-bond donors (Lipinski definition) is 2. The smallest absolute Gasteiger partial charge is 0.292 e. The largest absolute Gasteiger partial charge is 0.507 e. The van der Waals surface area contributed by atoms with Crippen LogP contribution in [-0.2, 0) is 9.59 Å². The minimum Gasteiger partial charge on any atom is -0.507 e. The number of hydrogen-bond acceptors (Lipinski definition) is 3. The first kappa shape index (κ1) is 16.4. The molecule has 4 nitrogen and oxygen atoms in total. The van der Waals surface area contributed by atoms with E-state index < -0.39 is 11.7 Å². The molecule has 1 aromatic rings. The van der Waals surface area contributed by atoms with E-state index in [1.807, 2.05) is 19.1 Å². The zero-order valence-corrected chi connectivity index (χ0v) is 14.6. The van der Waals surface area contributed by atoms with Crippen molar-refractivity contribution in [2.24, 2.45) is 17.8 Å². The molecule has 25 heavy (non-hydrogen) atoms. The molecular weight excluding hydrogens is 314 g/mol. The molecule has 4 fully saturated rings. The van der Waals surface area contributed by atoms with Gasteiger partial charge in [-0.05, 0) is 63.2 Å². The molecule has 4 aliphatic carbocycles. The second kappa shape index (κ2) is 6.01. The fourth-order valence-electron chi connectivity index (χ4n) is 5.56. The fraction of sp³-hybridized carbons (Fsp3) is 0.524. The average molecular weight is 339 g/mol. The first-order chi connectivity index (χ1) is 11.9. The number of amides is 1. The Bertz CT molecular complexity index is 697. The summed E-state index contributed by atoms with van der Waals surface area (Å²) >= 11 is 0. The van der Waals surface area contributed by atoms with Crippen LogP contribution in [0, 0.1) is 24.7 Å². The van der Waals surface area contributed by atoms with Crippen molar-refractivity contribution >= 4 is 17.4 Å². The molecule has 0 saturated heterocycles. The second-order valence-electron chi connectivity index (χ2n) is 8.41. The molecule has 0 heterocycles. The highest BCUT2D eigenvalue weighted by Crippen LogP contribution is 2.55. The van der Waals surface area contributed by atoms with Crippen molar-refractivity contribution in [2.45, 2.75) is 51.0 Å². The third-order valence-electron chi connectivity index (χ3n) is 6.26. The first-order valence-electron chi connectivity index (χ1n) is 9.27. The molecule has 0 unspecified atom stereocenters. The van der Waals surface area contributed by atoms with Crippen molar-refractivity contribution < 1.29 is 14.7 Å². The van der Waals surface area contributed by atoms with Gasteiger partial charge in [0.05, 0.1) is 0 Å². The maximum atomic E-state index is 12.4. The van der Waals surface area contributed by atoms with Crippen molar-refractivity contribution in [1.82, 2.24) is 5.32 Å². The summed E-state index contributed by atoms with van der Waals surface area (Å²) in [6.07, 6.45) is 7.93. The van der Waals surface area contributed by atoms with Gasteiger partial charge >= 0.3 is 0 Å². The molecule has 1 amide bonds. The van der Waals surface area contributed by atoms with Crippen LogP contribution < -0.4 is 5.32 Å². The number of carbonyl (C=O) groups is 2. The summed E-state index contributed by atoms with van der Waals surface area (Å²) in [5.74, 6) is 0.703. The Morgan fingerprint density at radius 2 is 1.56 bits per heavy atom. The summed E-state index contributed by atoms with van der Waals surface area (Å²) in [4.78, 5) is 24.7. The molecule has 4 bridgehead atoms. The van der Waals surface area contributed by atoms with Crippen LogP contribution in [0.25, 0.3) is 5.76 Å². The Morgan fingerprint density at radius 1 is 1.04 bits per heavy atom. The molecule has 2 N–H and O–H groups in total. The van der Waals surface area contributed by atoms with Crippen molar-refractivity contribution in [3.63, 3.8) is 0 Å². The number of nitrogens with one attached hydrogen (secondary N) is 1. The van der Waals surface area contributed by atoms with E-state index >= 15 is 0 Å². The Morgan fingerprint density at radius 3 is 2.08 bits per heavy atom. The predicted octanol–water partition coefficient (Wildman–Crippen LogP) is 3.55. The zero-order valence-electron chi connectivity index (χ0n) is 14.6. The summed E-state index contributed by atoms with van der Waals surface area (Å²) in [5.41, 5.74) is 1.43. The van der Waals surface area contributed by atoms with Gasteiger partial charge in [0.25, 0.3) is 5.91 Å². The topological polar surface area (TPSA) is 66.4 Å². The molecule has 0 radical (unpaired) electrons. The van der Waals surface area contributed by atoms with Crippen LogP contribution in [0.3, 0.4) is 0 Å². The van der Waals surface area contributed by atoms with Crippen LogP contribution in [0.1, 0.15) is 49.7 Å². The number of aryl methyl sites for hydroxylation is 1. The molecule has 132 valence electrons. The quantitative estimate of drug-likeness (QED) is 0.501. The number of aliphatic hydroxyl groups is 1. The van der Waals surface area contributed by atoms with Crippen molar-refractivity contribution in [1.29, 1.82) is 0 Å². The summed E-state index contributed by atoms with van der Waals surface area (Å²) in [7, 11) is 0. The van der Waals surface area contributed by atoms with Crippen molar-refractivity contribution in [2.75, 3.05) is 0 Å². The number of aliphatic hydroxyl groups excluding tert-OH is 1. The van der Waals surface area contributed by atoms with Crippen molar-refractivity contribution in [3.8, 4) is 0 Å². The van der Waals surface area contributed by atoms with Crippen LogP contribution in [0.2, 0.25) is 0 Å². The van der Waals surface area contributed by atoms with Crippen molar-refractivity contribution in [3.05, 3.63) is 41.5 Å². The molecule has 4 heteroatoms. The Balaban J connectivity index is 1.45. The number of carbonyl (C=O) groups excluding carboxylic acids is 2. The zero-order chi connectivity index (χ0) is 17.6. The number of benzene rings is 1. The van der Waals surface area contributed by atoms with Crippen LogP contribution in [0.5, 0.6) is 0 Å². The van der Waals surface area contributed by atoms with Gasteiger partial charge in [-0.2, -0.15) is 0 Å². The SMILES string of the molecule is Cc1ccc(C(O)=CC(=O)C(=O)NC23CC4CC(CC(C4)C2)C3)cc1.